The first-order chi connectivity index (χ1) is 13.8. The Balaban J connectivity index is 1.91. The maximum Gasteiger partial charge on any atom is 0.267 e. The Morgan fingerprint density at radius 3 is 2.69 bits per heavy atom. The van der Waals surface area contributed by atoms with Crippen molar-refractivity contribution in [2.75, 3.05) is 5.75 Å². The van der Waals surface area contributed by atoms with Crippen LogP contribution < -0.4 is 5.56 Å². The van der Waals surface area contributed by atoms with E-state index >= 15 is 0 Å². The topological polar surface area (TPSA) is 52.0 Å². The number of rotatable bonds is 4. The molecular weight excluding hydrogens is 407 g/mol. The molecule has 0 saturated heterocycles. The summed E-state index contributed by atoms with van der Waals surface area (Å²) in [5, 5.41) is 0.975. The average Bonchev–Trinajstić information content (AvgIpc) is 3.05. The van der Waals surface area contributed by atoms with Gasteiger partial charge >= 0.3 is 0 Å². The van der Waals surface area contributed by atoms with Gasteiger partial charge < -0.3 is 0 Å². The van der Waals surface area contributed by atoms with Gasteiger partial charge in [-0.1, -0.05) is 44.7 Å². The van der Waals surface area contributed by atoms with Gasteiger partial charge in [0.1, 0.15) is 16.4 Å². The van der Waals surface area contributed by atoms with Crippen LogP contribution in [0.5, 0.6) is 0 Å². The molecule has 1 aliphatic rings. The zero-order valence-corrected chi connectivity index (χ0v) is 18.4. The highest BCUT2D eigenvalue weighted by Gasteiger charge is 2.26. The number of para-hydroxylation sites is 1. The number of thioether (sulfide) groups is 1. The van der Waals surface area contributed by atoms with E-state index in [1.807, 2.05) is 20.8 Å². The van der Waals surface area contributed by atoms with Gasteiger partial charge in [0, 0.05) is 10.3 Å². The molecule has 2 heterocycles. The molecule has 152 valence electrons. The number of Topliss-reactive ketones (excluding diaryl/α,β-unsaturated/α-hetero) is 1. The second kappa shape index (κ2) is 7.69. The van der Waals surface area contributed by atoms with E-state index < -0.39 is 11.2 Å². The summed E-state index contributed by atoms with van der Waals surface area (Å²) in [6.07, 6.45) is 3.98. The normalized spacial score (nSPS) is 14.2. The van der Waals surface area contributed by atoms with Crippen LogP contribution in [0.1, 0.15) is 44.1 Å². The number of thiophene rings is 1. The third kappa shape index (κ3) is 3.78. The molecule has 0 unspecified atom stereocenters. The molecule has 0 atom stereocenters. The summed E-state index contributed by atoms with van der Waals surface area (Å²) >= 11 is 2.76. The van der Waals surface area contributed by atoms with E-state index in [4.69, 9.17) is 4.98 Å². The van der Waals surface area contributed by atoms with Gasteiger partial charge in [0.25, 0.3) is 5.56 Å². The number of benzene rings is 1. The van der Waals surface area contributed by atoms with Crippen LogP contribution in [0.3, 0.4) is 0 Å². The van der Waals surface area contributed by atoms with Crippen molar-refractivity contribution in [2.24, 2.45) is 5.41 Å². The minimum Gasteiger partial charge on any atom is -0.298 e. The van der Waals surface area contributed by atoms with Gasteiger partial charge in [-0.3, -0.25) is 14.2 Å². The first-order valence-electron chi connectivity index (χ1n) is 9.75. The number of carbonyl (C=O) groups is 1. The summed E-state index contributed by atoms with van der Waals surface area (Å²) in [7, 11) is 0. The van der Waals surface area contributed by atoms with Crippen LogP contribution in [0.4, 0.5) is 4.39 Å². The average molecular weight is 431 g/mol. The number of hydrogen-bond acceptors (Lipinski definition) is 5. The zero-order chi connectivity index (χ0) is 20.8. The molecule has 1 aliphatic carbocycles. The Labute approximate surface area is 177 Å². The number of hydrogen-bond donors (Lipinski definition) is 0. The molecule has 0 radical (unpaired) electrons. The van der Waals surface area contributed by atoms with Gasteiger partial charge in [-0.05, 0) is 43.4 Å². The molecule has 0 saturated carbocycles. The van der Waals surface area contributed by atoms with E-state index in [0.29, 0.717) is 15.4 Å². The van der Waals surface area contributed by atoms with Crippen LogP contribution in [0.15, 0.2) is 34.2 Å². The molecular formula is C22H23FN2O2S2. The quantitative estimate of drug-likeness (QED) is 0.423. The first kappa shape index (κ1) is 20.3. The zero-order valence-electron chi connectivity index (χ0n) is 16.8. The van der Waals surface area contributed by atoms with Crippen LogP contribution in [-0.4, -0.2) is 21.1 Å². The summed E-state index contributed by atoms with van der Waals surface area (Å²) in [5.41, 5.74) is 0.516. The van der Waals surface area contributed by atoms with Crippen molar-refractivity contribution in [3.05, 3.63) is 50.9 Å². The summed E-state index contributed by atoms with van der Waals surface area (Å²) < 4.78 is 16.0. The van der Waals surface area contributed by atoms with E-state index in [0.717, 1.165) is 31.2 Å². The first-order valence-corrected chi connectivity index (χ1v) is 11.6. The van der Waals surface area contributed by atoms with E-state index in [-0.39, 0.29) is 22.8 Å². The van der Waals surface area contributed by atoms with Gasteiger partial charge in [0.2, 0.25) is 0 Å². The van der Waals surface area contributed by atoms with E-state index in [9.17, 15) is 14.0 Å². The molecule has 0 amide bonds. The predicted octanol–water partition coefficient (Wildman–Crippen LogP) is 5.17. The molecule has 0 fully saturated rings. The number of ketones is 1. The number of carbonyl (C=O) groups excluding carboxylic acids is 1. The third-order valence-corrected chi connectivity index (χ3v) is 7.34. The number of fused-ring (bicyclic) bond motifs is 3. The highest BCUT2D eigenvalue weighted by atomic mass is 32.2. The van der Waals surface area contributed by atoms with Gasteiger partial charge in [0.15, 0.2) is 5.16 Å². The van der Waals surface area contributed by atoms with Crippen molar-refractivity contribution in [3.63, 3.8) is 0 Å². The summed E-state index contributed by atoms with van der Waals surface area (Å²) in [6, 6.07) is 6.22. The fourth-order valence-electron chi connectivity index (χ4n) is 3.48. The van der Waals surface area contributed by atoms with Crippen LogP contribution in [0.25, 0.3) is 15.9 Å². The lowest BCUT2D eigenvalue weighted by Gasteiger charge is -2.17. The van der Waals surface area contributed by atoms with Gasteiger partial charge in [-0.15, -0.1) is 11.3 Å². The van der Waals surface area contributed by atoms with Crippen LogP contribution in [-0.2, 0) is 17.6 Å². The monoisotopic (exact) mass is 430 g/mol. The molecule has 1 aromatic carbocycles. The summed E-state index contributed by atoms with van der Waals surface area (Å²) in [6.45, 7) is 5.59. The molecule has 0 bridgehead atoms. The van der Waals surface area contributed by atoms with Crippen LogP contribution >= 0.6 is 23.1 Å². The Morgan fingerprint density at radius 2 is 1.97 bits per heavy atom. The van der Waals surface area contributed by atoms with Crippen molar-refractivity contribution in [1.29, 1.82) is 0 Å². The second-order valence-electron chi connectivity index (χ2n) is 8.34. The second-order valence-corrected chi connectivity index (χ2v) is 10.4. The maximum atomic E-state index is 14.6. The van der Waals surface area contributed by atoms with Crippen LogP contribution in [0.2, 0.25) is 0 Å². The van der Waals surface area contributed by atoms with E-state index in [1.54, 1.807) is 29.5 Å². The van der Waals surface area contributed by atoms with Crippen molar-refractivity contribution in [3.8, 4) is 5.69 Å². The smallest absolute Gasteiger partial charge is 0.267 e. The number of nitrogens with zero attached hydrogens (tertiary/aromatic N) is 2. The summed E-state index contributed by atoms with van der Waals surface area (Å²) in [5.74, 6) is -0.243. The number of halogens is 1. The molecule has 0 spiro atoms. The summed E-state index contributed by atoms with van der Waals surface area (Å²) in [4.78, 5) is 32.6. The lowest BCUT2D eigenvalue weighted by atomic mass is 9.92. The Hall–Kier alpha value is -1.99. The number of aryl methyl sites for hydroxylation is 2. The Bertz CT molecular complexity index is 1160. The molecule has 0 N–H and O–H groups in total. The van der Waals surface area contributed by atoms with E-state index in [1.165, 1.54) is 27.3 Å². The Morgan fingerprint density at radius 1 is 1.24 bits per heavy atom. The Kier molecular flexibility index (Phi) is 5.38. The fourth-order valence-corrected chi connectivity index (χ4v) is 5.94. The molecule has 2 aromatic heterocycles. The lowest BCUT2D eigenvalue weighted by molar-refractivity contribution is -0.123. The fraction of sp³-hybridized carbons (Fsp3) is 0.409. The molecule has 4 nitrogen and oxygen atoms in total. The molecule has 4 rings (SSSR count). The molecule has 0 aliphatic heterocycles. The van der Waals surface area contributed by atoms with Crippen molar-refractivity contribution in [1.82, 2.24) is 9.55 Å². The van der Waals surface area contributed by atoms with Crippen molar-refractivity contribution in [2.45, 2.75) is 51.6 Å². The molecule has 7 heteroatoms. The third-order valence-electron chi connectivity index (χ3n) is 5.22. The maximum absolute atomic E-state index is 14.6. The van der Waals surface area contributed by atoms with Gasteiger partial charge in [-0.2, -0.15) is 0 Å². The molecule has 29 heavy (non-hydrogen) atoms. The van der Waals surface area contributed by atoms with Crippen LogP contribution in [0, 0.1) is 11.2 Å². The highest BCUT2D eigenvalue weighted by molar-refractivity contribution is 7.99. The van der Waals surface area contributed by atoms with E-state index in [2.05, 4.69) is 0 Å². The highest BCUT2D eigenvalue weighted by Crippen LogP contribution is 2.35. The van der Waals surface area contributed by atoms with Crippen molar-refractivity contribution < 1.29 is 9.18 Å². The van der Waals surface area contributed by atoms with Gasteiger partial charge in [-0.25, -0.2) is 9.37 Å². The molecule has 3 aromatic rings. The minimum absolute atomic E-state index is 0.0578. The standard InChI is InChI=1S/C22H23FN2O2S2/c1-22(2,3)17(26)12-28-21-24-19-18(13-8-4-7-11-16(13)29-19)20(27)25(21)15-10-6-5-9-14(15)23/h5-6,9-10H,4,7-8,11-12H2,1-3H3. The predicted molar refractivity (Wildman–Crippen MR) is 117 cm³/mol. The van der Waals surface area contributed by atoms with Crippen molar-refractivity contribution >= 4 is 39.1 Å². The minimum atomic E-state index is -0.484. The number of aromatic nitrogens is 2. The van der Waals surface area contributed by atoms with Gasteiger partial charge in [0.05, 0.1) is 16.8 Å². The SMILES string of the molecule is CC(C)(C)C(=O)CSc1nc2sc3c(c2c(=O)n1-c1ccccc1F)CCCC3. The largest absolute Gasteiger partial charge is 0.298 e. The lowest BCUT2D eigenvalue weighted by Crippen LogP contribution is -2.25.